The van der Waals surface area contributed by atoms with Crippen molar-refractivity contribution in [2.24, 2.45) is 0 Å². The molecule has 0 bridgehead atoms. The summed E-state index contributed by atoms with van der Waals surface area (Å²) in [5, 5.41) is 4.24. The van der Waals surface area contributed by atoms with Gasteiger partial charge in [0.15, 0.2) is 0 Å². The van der Waals surface area contributed by atoms with Gasteiger partial charge in [-0.3, -0.25) is 0 Å². The van der Waals surface area contributed by atoms with E-state index in [1.807, 2.05) is 20.8 Å². The number of piperidine rings is 1. The third-order valence-electron chi connectivity index (χ3n) is 7.17. The van der Waals surface area contributed by atoms with Crippen LogP contribution in [0.15, 0.2) is 24.3 Å². The Morgan fingerprint density at radius 2 is 1.69 bits per heavy atom. The van der Waals surface area contributed by atoms with Crippen LogP contribution in [-0.4, -0.2) is 23.1 Å². The molecule has 0 unspecified atom stereocenters. The van der Waals surface area contributed by atoms with E-state index >= 15 is 4.39 Å². The maximum absolute atomic E-state index is 15.0. The zero-order valence-electron chi connectivity index (χ0n) is 22.0. The molecule has 1 fully saturated rings. The van der Waals surface area contributed by atoms with Gasteiger partial charge in [0.25, 0.3) is 5.92 Å². The second-order valence-electron chi connectivity index (χ2n) is 9.73. The molecule has 3 aromatic rings. The molecule has 2 aromatic carbocycles. The SMILES string of the molecule is CC.Cc1nc(N[C@H](C)c2cccc(C(C)(F)F)c2F)c2cc(N3CCCCC3)c3c(c2n1)CCC3. The van der Waals surface area contributed by atoms with Crippen LogP contribution >= 0.6 is 0 Å². The maximum atomic E-state index is 15.0. The van der Waals surface area contributed by atoms with E-state index in [1.54, 1.807) is 13.0 Å². The smallest absolute Gasteiger partial charge is 0.273 e. The van der Waals surface area contributed by atoms with Crippen molar-refractivity contribution in [2.75, 3.05) is 23.3 Å². The molecule has 0 amide bonds. The van der Waals surface area contributed by atoms with Crippen LogP contribution in [0.1, 0.15) is 87.5 Å². The number of hydrogen-bond donors (Lipinski definition) is 1. The Morgan fingerprint density at radius 3 is 2.39 bits per heavy atom. The summed E-state index contributed by atoms with van der Waals surface area (Å²) in [7, 11) is 0. The van der Waals surface area contributed by atoms with Crippen LogP contribution in [-0.2, 0) is 18.8 Å². The molecule has 2 aliphatic rings. The van der Waals surface area contributed by atoms with Gasteiger partial charge in [0.05, 0.1) is 17.1 Å². The molecular formula is C29H37F3N4. The number of alkyl halides is 2. The molecule has 1 saturated heterocycles. The number of aryl methyl sites for hydroxylation is 2. The zero-order valence-corrected chi connectivity index (χ0v) is 22.0. The Hall–Kier alpha value is -2.83. The number of rotatable bonds is 5. The number of nitrogens with one attached hydrogen (secondary N) is 1. The molecule has 0 spiro atoms. The Kier molecular flexibility index (Phi) is 7.76. The fourth-order valence-corrected chi connectivity index (χ4v) is 5.49. The quantitative estimate of drug-likeness (QED) is 0.389. The minimum Gasteiger partial charge on any atom is -0.371 e. The predicted molar refractivity (Wildman–Crippen MR) is 142 cm³/mol. The van der Waals surface area contributed by atoms with Gasteiger partial charge in [-0.2, -0.15) is 0 Å². The van der Waals surface area contributed by atoms with Gasteiger partial charge in [0.1, 0.15) is 17.5 Å². The highest BCUT2D eigenvalue weighted by atomic mass is 19.3. The molecule has 36 heavy (non-hydrogen) atoms. The molecule has 1 atom stereocenters. The van der Waals surface area contributed by atoms with Crippen LogP contribution in [0.3, 0.4) is 0 Å². The van der Waals surface area contributed by atoms with E-state index in [0.717, 1.165) is 56.2 Å². The molecule has 2 heterocycles. The minimum atomic E-state index is -3.25. The predicted octanol–water partition coefficient (Wildman–Crippen LogP) is 7.87. The second kappa shape index (κ2) is 10.7. The standard InChI is InChI=1S/C27H31F3N4.C2H6/c1-16(18-9-8-12-22(24(18)28)27(3,29)30)31-26-21-15-23(34-13-5-4-6-14-34)19-10-7-11-20(19)25(21)32-17(2)33-26;1-2/h8-9,12,15-16H,4-7,10-11,13-14H2,1-3H3,(H,31,32,33);1-2H3/t16-;/m1./s1. The highest BCUT2D eigenvalue weighted by Gasteiger charge is 2.31. The van der Waals surface area contributed by atoms with Crippen molar-refractivity contribution < 1.29 is 13.2 Å². The Balaban J connectivity index is 0.00000148. The third kappa shape index (κ3) is 5.02. The van der Waals surface area contributed by atoms with Crippen molar-refractivity contribution in [2.45, 2.75) is 85.1 Å². The number of aromatic nitrogens is 2. The third-order valence-corrected chi connectivity index (χ3v) is 7.17. The summed E-state index contributed by atoms with van der Waals surface area (Å²) in [5.74, 6) is -2.87. The highest BCUT2D eigenvalue weighted by molar-refractivity contribution is 5.96. The zero-order chi connectivity index (χ0) is 26.0. The van der Waals surface area contributed by atoms with Crippen LogP contribution in [0.4, 0.5) is 24.7 Å². The lowest BCUT2D eigenvalue weighted by molar-refractivity contribution is 0.0136. The van der Waals surface area contributed by atoms with E-state index in [1.165, 1.54) is 42.1 Å². The molecule has 1 N–H and O–H groups in total. The van der Waals surface area contributed by atoms with Gasteiger partial charge >= 0.3 is 0 Å². The number of halogens is 3. The van der Waals surface area contributed by atoms with Gasteiger partial charge in [-0.1, -0.05) is 32.0 Å². The molecule has 1 aromatic heterocycles. The van der Waals surface area contributed by atoms with Gasteiger partial charge in [0, 0.05) is 36.7 Å². The first kappa shape index (κ1) is 26.2. The minimum absolute atomic E-state index is 0.195. The normalized spacial score (nSPS) is 16.4. The summed E-state index contributed by atoms with van der Waals surface area (Å²) >= 11 is 0. The number of benzene rings is 2. The average Bonchev–Trinajstić information content (AvgIpc) is 3.35. The number of nitrogens with zero attached hydrogens (tertiary/aromatic N) is 3. The van der Waals surface area contributed by atoms with Crippen molar-refractivity contribution in [1.82, 2.24) is 9.97 Å². The summed E-state index contributed by atoms with van der Waals surface area (Å²) in [5.41, 5.74) is 4.51. The Labute approximate surface area is 212 Å². The van der Waals surface area contributed by atoms with Crippen LogP contribution in [0, 0.1) is 12.7 Å². The summed E-state index contributed by atoms with van der Waals surface area (Å²) in [4.78, 5) is 11.9. The highest BCUT2D eigenvalue weighted by Crippen LogP contribution is 2.40. The van der Waals surface area contributed by atoms with E-state index in [4.69, 9.17) is 4.98 Å². The summed E-state index contributed by atoms with van der Waals surface area (Å²) in [6.07, 6.45) is 6.80. The first-order valence-electron chi connectivity index (χ1n) is 13.3. The molecule has 7 heteroatoms. The molecule has 5 rings (SSSR count). The lowest BCUT2D eigenvalue weighted by Crippen LogP contribution is -2.30. The molecular weight excluding hydrogens is 461 g/mol. The van der Waals surface area contributed by atoms with Crippen molar-refractivity contribution in [3.05, 3.63) is 58.2 Å². The fraction of sp³-hybridized carbons (Fsp3) is 0.517. The molecule has 0 saturated carbocycles. The van der Waals surface area contributed by atoms with Gasteiger partial charge in [-0.15, -0.1) is 0 Å². The van der Waals surface area contributed by atoms with Crippen molar-refractivity contribution in [1.29, 1.82) is 0 Å². The summed E-state index contributed by atoms with van der Waals surface area (Å²) in [6, 6.07) is 5.81. The second-order valence-corrected chi connectivity index (χ2v) is 9.73. The maximum Gasteiger partial charge on any atom is 0.273 e. The van der Waals surface area contributed by atoms with E-state index in [-0.39, 0.29) is 5.56 Å². The number of fused-ring (bicyclic) bond motifs is 3. The monoisotopic (exact) mass is 498 g/mol. The van der Waals surface area contributed by atoms with E-state index in [2.05, 4.69) is 21.3 Å². The van der Waals surface area contributed by atoms with Crippen molar-refractivity contribution in [3.8, 4) is 0 Å². The molecule has 1 aliphatic heterocycles. The summed E-state index contributed by atoms with van der Waals surface area (Å²) < 4.78 is 42.9. The van der Waals surface area contributed by atoms with Crippen molar-refractivity contribution in [3.63, 3.8) is 0 Å². The number of hydrogen-bond acceptors (Lipinski definition) is 4. The molecule has 0 radical (unpaired) electrons. The Bertz CT molecular complexity index is 1230. The van der Waals surface area contributed by atoms with Crippen LogP contribution in [0.5, 0.6) is 0 Å². The van der Waals surface area contributed by atoms with Gasteiger partial charge in [-0.05, 0) is 69.6 Å². The largest absolute Gasteiger partial charge is 0.371 e. The lowest BCUT2D eigenvalue weighted by Gasteiger charge is -2.31. The van der Waals surface area contributed by atoms with E-state index in [9.17, 15) is 8.78 Å². The van der Waals surface area contributed by atoms with E-state index in [0.29, 0.717) is 11.6 Å². The first-order valence-corrected chi connectivity index (χ1v) is 13.3. The van der Waals surface area contributed by atoms with Crippen LogP contribution < -0.4 is 10.2 Å². The lowest BCUT2D eigenvalue weighted by atomic mass is 9.99. The molecule has 194 valence electrons. The van der Waals surface area contributed by atoms with Crippen molar-refractivity contribution >= 4 is 22.4 Å². The topological polar surface area (TPSA) is 41.1 Å². The first-order chi connectivity index (χ1) is 17.2. The summed E-state index contributed by atoms with van der Waals surface area (Å²) in [6.45, 7) is 10.4. The van der Waals surface area contributed by atoms with Gasteiger partial charge in [-0.25, -0.2) is 23.1 Å². The van der Waals surface area contributed by atoms with Gasteiger partial charge in [0.2, 0.25) is 0 Å². The molecule has 4 nitrogen and oxygen atoms in total. The number of anilines is 2. The Morgan fingerprint density at radius 1 is 1.00 bits per heavy atom. The van der Waals surface area contributed by atoms with Crippen LogP contribution in [0.25, 0.3) is 10.9 Å². The van der Waals surface area contributed by atoms with E-state index < -0.39 is 23.3 Å². The average molecular weight is 499 g/mol. The van der Waals surface area contributed by atoms with Crippen LogP contribution in [0.2, 0.25) is 0 Å². The van der Waals surface area contributed by atoms with Gasteiger partial charge < -0.3 is 10.2 Å². The fourth-order valence-electron chi connectivity index (χ4n) is 5.49. The molecule has 1 aliphatic carbocycles.